The van der Waals surface area contributed by atoms with Crippen LogP contribution in [0.2, 0.25) is 0 Å². The molecule has 7 heteroatoms. The summed E-state index contributed by atoms with van der Waals surface area (Å²) >= 11 is 0. The van der Waals surface area contributed by atoms with E-state index in [2.05, 4.69) is 10.6 Å². The number of rotatable bonds is 7. The van der Waals surface area contributed by atoms with E-state index in [-0.39, 0.29) is 31.1 Å². The van der Waals surface area contributed by atoms with Crippen molar-refractivity contribution in [3.8, 4) is 5.75 Å². The van der Waals surface area contributed by atoms with Gasteiger partial charge in [-0.15, -0.1) is 0 Å². The van der Waals surface area contributed by atoms with Crippen LogP contribution in [0.25, 0.3) is 0 Å². The number of carbonyl (C=O) groups is 2. The van der Waals surface area contributed by atoms with E-state index in [1.54, 1.807) is 19.2 Å². The summed E-state index contributed by atoms with van der Waals surface area (Å²) in [6.45, 7) is 2.70. The van der Waals surface area contributed by atoms with Crippen molar-refractivity contribution in [3.05, 3.63) is 23.8 Å². The molecule has 120 valence electrons. The van der Waals surface area contributed by atoms with E-state index in [4.69, 9.17) is 14.2 Å². The van der Waals surface area contributed by atoms with E-state index >= 15 is 0 Å². The largest absolute Gasteiger partial charge is 0.482 e. The van der Waals surface area contributed by atoms with E-state index in [0.717, 1.165) is 5.56 Å². The Morgan fingerprint density at radius 1 is 1.45 bits per heavy atom. The fourth-order valence-corrected chi connectivity index (χ4v) is 2.04. The Bertz CT molecular complexity index is 547. The first kappa shape index (κ1) is 16.3. The van der Waals surface area contributed by atoms with Gasteiger partial charge in [0.05, 0.1) is 24.9 Å². The zero-order chi connectivity index (χ0) is 15.9. The quantitative estimate of drug-likeness (QED) is 0.730. The Morgan fingerprint density at radius 3 is 3.05 bits per heavy atom. The third-order valence-corrected chi connectivity index (χ3v) is 3.18. The Morgan fingerprint density at radius 2 is 2.27 bits per heavy atom. The zero-order valence-corrected chi connectivity index (χ0v) is 12.7. The van der Waals surface area contributed by atoms with Crippen molar-refractivity contribution in [2.75, 3.05) is 38.9 Å². The van der Waals surface area contributed by atoms with Gasteiger partial charge in [0.15, 0.2) is 6.61 Å². The molecule has 2 amide bonds. The molecule has 0 saturated carbocycles. The summed E-state index contributed by atoms with van der Waals surface area (Å²) < 4.78 is 15.3. The maximum absolute atomic E-state index is 11.8. The predicted molar refractivity (Wildman–Crippen MR) is 79.8 cm³/mol. The molecule has 1 atom stereocenters. The molecule has 0 radical (unpaired) electrons. The first-order valence-corrected chi connectivity index (χ1v) is 7.03. The summed E-state index contributed by atoms with van der Waals surface area (Å²) in [6.07, 6.45) is 0. The highest BCUT2D eigenvalue weighted by molar-refractivity contribution is 5.95. The molecule has 0 aliphatic carbocycles. The molecule has 0 unspecified atom stereocenters. The Labute approximate surface area is 128 Å². The highest BCUT2D eigenvalue weighted by Gasteiger charge is 2.18. The summed E-state index contributed by atoms with van der Waals surface area (Å²) in [7, 11) is 1.57. The SMILES string of the molecule is COCCOCC(=O)N[C@H](C)c1ccc2c(c1)NC(=O)CO2. The number of amides is 2. The molecule has 1 heterocycles. The van der Waals surface area contributed by atoms with Crippen molar-refractivity contribution in [2.24, 2.45) is 0 Å². The number of anilines is 1. The fourth-order valence-electron chi connectivity index (χ4n) is 2.04. The van der Waals surface area contributed by atoms with Gasteiger partial charge in [0.1, 0.15) is 12.4 Å². The van der Waals surface area contributed by atoms with E-state index in [9.17, 15) is 9.59 Å². The van der Waals surface area contributed by atoms with Crippen molar-refractivity contribution in [2.45, 2.75) is 13.0 Å². The first-order valence-electron chi connectivity index (χ1n) is 7.03. The summed E-state index contributed by atoms with van der Waals surface area (Å²) in [5, 5.41) is 5.57. The summed E-state index contributed by atoms with van der Waals surface area (Å²) in [4.78, 5) is 23.1. The lowest BCUT2D eigenvalue weighted by Gasteiger charge is -2.21. The number of benzene rings is 1. The fraction of sp³-hybridized carbons (Fsp3) is 0.467. The average Bonchev–Trinajstić information content (AvgIpc) is 2.50. The normalized spacial score (nSPS) is 14.5. The topological polar surface area (TPSA) is 85.9 Å². The number of fused-ring (bicyclic) bond motifs is 1. The van der Waals surface area contributed by atoms with Gasteiger partial charge in [-0.2, -0.15) is 0 Å². The molecule has 2 rings (SSSR count). The predicted octanol–water partition coefficient (Wildman–Crippen LogP) is 0.858. The average molecular weight is 308 g/mol. The number of ether oxygens (including phenoxy) is 3. The molecule has 0 bridgehead atoms. The minimum absolute atomic E-state index is 0.0154. The molecule has 0 aromatic heterocycles. The van der Waals surface area contributed by atoms with Crippen molar-refractivity contribution in [1.82, 2.24) is 5.32 Å². The van der Waals surface area contributed by atoms with Gasteiger partial charge < -0.3 is 24.8 Å². The second-order valence-corrected chi connectivity index (χ2v) is 4.93. The Balaban J connectivity index is 1.89. The smallest absolute Gasteiger partial charge is 0.262 e. The van der Waals surface area contributed by atoms with Crippen LogP contribution in [0.4, 0.5) is 5.69 Å². The van der Waals surface area contributed by atoms with Crippen LogP contribution in [0.15, 0.2) is 18.2 Å². The van der Waals surface area contributed by atoms with Gasteiger partial charge in [-0.25, -0.2) is 0 Å². The lowest BCUT2D eigenvalue weighted by atomic mass is 10.1. The van der Waals surface area contributed by atoms with Gasteiger partial charge in [-0.05, 0) is 24.6 Å². The van der Waals surface area contributed by atoms with E-state index in [1.807, 2.05) is 13.0 Å². The van der Waals surface area contributed by atoms with Gasteiger partial charge in [-0.3, -0.25) is 9.59 Å². The van der Waals surface area contributed by atoms with Crippen molar-refractivity contribution < 1.29 is 23.8 Å². The zero-order valence-electron chi connectivity index (χ0n) is 12.7. The van der Waals surface area contributed by atoms with E-state index in [0.29, 0.717) is 24.7 Å². The maximum Gasteiger partial charge on any atom is 0.262 e. The highest BCUT2D eigenvalue weighted by Crippen LogP contribution is 2.30. The highest BCUT2D eigenvalue weighted by atomic mass is 16.5. The second-order valence-electron chi connectivity index (χ2n) is 4.93. The van der Waals surface area contributed by atoms with Crippen LogP contribution in [0.3, 0.4) is 0 Å². The molecule has 2 N–H and O–H groups in total. The van der Waals surface area contributed by atoms with Crippen LogP contribution in [0.5, 0.6) is 5.75 Å². The third kappa shape index (κ3) is 4.44. The Hall–Kier alpha value is -2.12. The Kier molecular flexibility index (Phi) is 5.74. The molecular formula is C15H20N2O5. The number of nitrogens with one attached hydrogen (secondary N) is 2. The van der Waals surface area contributed by atoms with Gasteiger partial charge >= 0.3 is 0 Å². The van der Waals surface area contributed by atoms with Gasteiger partial charge in [0.2, 0.25) is 5.91 Å². The number of hydrogen-bond donors (Lipinski definition) is 2. The van der Waals surface area contributed by atoms with Crippen LogP contribution < -0.4 is 15.4 Å². The van der Waals surface area contributed by atoms with Crippen LogP contribution >= 0.6 is 0 Å². The minimum atomic E-state index is -0.207. The van der Waals surface area contributed by atoms with Crippen LogP contribution in [0, 0.1) is 0 Å². The monoisotopic (exact) mass is 308 g/mol. The summed E-state index contributed by atoms with van der Waals surface area (Å²) in [5.74, 6) is 0.235. The van der Waals surface area contributed by atoms with E-state index < -0.39 is 0 Å². The van der Waals surface area contributed by atoms with Crippen molar-refractivity contribution in [3.63, 3.8) is 0 Å². The maximum atomic E-state index is 11.8. The minimum Gasteiger partial charge on any atom is -0.482 e. The van der Waals surface area contributed by atoms with Gasteiger partial charge in [0.25, 0.3) is 5.91 Å². The van der Waals surface area contributed by atoms with Crippen LogP contribution in [0.1, 0.15) is 18.5 Å². The first-order chi connectivity index (χ1) is 10.6. The molecule has 0 saturated heterocycles. The number of hydrogen-bond acceptors (Lipinski definition) is 5. The molecule has 1 aliphatic rings. The summed E-state index contributed by atoms with van der Waals surface area (Å²) in [6, 6.07) is 5.22. The van der Waals surface area contributed by atoms with Crippen molar-refractivity contribution in [1.29, 1.82) is 0 Å². The van der Waals surface area contributed by atoms with Crippen LogP contribution in [-0.2, 0) is 19.1 Å². The molecule has 1 aromatic rings. The second kappa shape index (κ2) is 7.77. The molecule has 7 nitrogen and oxygen atoms in total. The van der Waals surface area contributed by atoms with Gasteiger partial charge in [-0.1, -0.05) is 6.07 Å². The summed E-state index contributed by atoms with van der Waals surface area (Å²) in [5.41, 5.74) is 1.49. The molecule has 1 aromatic carbocycles. The molecule has 1 aliphatic heterocycles. The standard InChI is InChI=1S/C15H20N2O5/c1-10(16-14(18)8-21-6-5-20-2)11-3-4-13-12(7-11)17-15(19)9-22-13/h3-4,7,10H,5-6,8-9H2,1-2H3,(H,16,18)(H,17,19)/t10-/m1/s1. The number of methoxy groups -OCH3 is 1. The molecule has 0 spiro atoms. The van der Waals surface area contributed by atoms with Gasteiger partial charge in [0, 0.05) is 7.11 Å². The molecule has 22 heavy (non-hydrogen) atoms. The van der Waals surface area contributed by atoms with E-state index in [1.165, 1.54) is 0 Å². The molecular weight excluding hydrogens is 288 g/mol. The number of carbonyl (C=O) groups excluding carboxylic acids is 2. The van der Waals surface area contributed by atoms with Crippen molar-refractivity contribution >= 4 is 17.5 Å². The lowest BCUT2D eigenvalue weighted by Crippen LogP contribution is -2.31. The molecule has 0 fully saturated rings. The lowest BCUT2D eigenvalue weighted by molar-refractivity contribution is -0.126. The third-order valence-electron chi connectivity index (χ3n) is 3.18. The van der Waals surface area contributed by atoms with Crippen LogP contribution in [-0.4, -0.2) is 45.4 Å².